The fourth-order valence-electron chi connectivity index (χ4n) is 17.1. The second-order valence-electron chi connectivity index (χ2n) is 35.5. The third-order valence-corrected chi connectivity index (χ3v) is 33.8. The van der Waals surface area contributed by atoms with Crippen LogP contribution < -0.4 is 47.9 Å². The average Bonchev–Trinajstić information content (AvgIpc) is 1.55. The number of hydrogen-bond acceptors (Lipinski definition) is 22. The molecule has 0 fully saturated rings. The van der Waals surface area contributed by atoms with Gasteiger partial charge >= 0.3 is 17.1 Å². The molecule has 0 atom stereocenters. The molecular formula is C120H128CuN8O8S8. The molecule has 0 saturated heterocycles. The number of ether oxygens (including phenoxy) is 8. The minimum absolute atomic E-state index is 0. The Morgan fingerprint density at radius 1 is 0.179 bits per heavy atom. The fraction of sp³-hybridized carbons (Fsp3) is 0.333. The van der Waals surface area contributed by atoms with Crippen LogP contribution in [0.5, 0.6) is 46.0 Å². The van der Waals surface area contributed by atoms with Crippen LogP contribution in [0.25, 0.3) is 89.7 Å². The first-order valence-corrected chi connectivity index (χ1v) is 58.3. The molecule has 0 unspecified atom stereocenters. The van der Waals surface area contributed by atoms with Crippen molar-refractivity contribution in [3.05, 3.63) is 243 Å². The summed E-state index contributed by atoms with van der Waals surface area (Å²) in [4.78, 5) is 64.2. The maximum absolute atomic E-state index is 7.82. The van der Waals surface area contributed by atoms with Crippen molar-refractivity contribution in [3.63, 3.8) is 0 Å². The van der Waals surface area contributed by atoms with Gasteiger partial charge in [0.05, 0.1) is 138 Å². The molecule has 25 heteroatoms. The van der Waals surface area contributed by atoms with Crippen LogP contribution in [0, 0.1) is 0 Å². The van der Waals surface area contributed by atoms with Crippen molar-refractivity contribution in [1.82, 2.24) is 39.9 Å². The van der Waals surface area contributed by atoms with Crippen LogP contribution in [-0.2, 0) is 17.1 Å². The Balaban J connectivity index is 0.0000151. The standard InChI is InChI=1S/C120H128N8O8S8.Cu/c1-9-17-49-73-129-97-89-90(98(130-74-50-18-10-2)106(138-82-59-35-26-36-60-82)105(97)137-81-57-33-25-34-58-81)114-121-113(89)125-115-91-92(100(132-76-52-20-12-4)108(140-84-63-39-28-40-64-84)107(99(91)131-75-51-19-11-3)139-83-61-37-27-38-62-83)117(122-115)127-119-95-96(104(136-80-56-24-16-8)112(144-88-71-47-32-48-72-88)111(103(95)135-79-55-23-15-7)143-87-69-45-31-46-70-87)120(124-119)128-118-94-93(116(123-118)126-114)101(133-77-53-21-13-5)109(141-85-65-41-29-42-66-85)110(102(94)134-78-54-22-14-6)142-86-67-43-30-44-68-86;/h25-48,57-72H,9-24,49-56,73-80H2,1-8H3;/q-2;+2. The molecule has 755 valence electrons. The van der Waals surface area contributed by atoms with Crippen molar-refractivity contribution in [3.8, 4) is 91.5 Å². The topological polar surface area (TPSA) is 179 Å². The first kappa shape index (κ1) is 107. The van der Waals surface area contributed by atoms with Gasteiger partial charge in [0.1, 0.15) is 46.0 Å². The van der Waals surface area contributed by atoms with E-state index in [1.54, 1.807) is 94.1 Å². The normalized spacial score (nSPS) is 11.5. The zero-order chi connectivity index (χ0) is 99.0. The number of aromatic nitrogens is 8. The van der Waals surface area contributed by atoms with Gasteiger partial charge in [-0.15, -0.1) is 0 Å². The van der Waals surface area contributed by atoms with E-state index in [4.69, 9.17) is 77.8 Å². The molecule has 145 heavy (non-hydrogen) atoms. The fourth-order valence-corrected chi connectivity index (χ4v) is 25.9. The summed E-state index contributed by atoms with van der Waals surface area (Å²) in [6, 6.07) is 84.6. The maximum Gasteiger partial charge on any atom is 2.00 e. The number of fused-ring (bicyclic) bond motifs is 20. The van der Waals surface area contributed by atoms with E-state index in [9.17, 15) is 0 Å². The van der Waals surface area contributed by atoms with E-state index < -0.39 is 0 Å². The SMILES string of the molecule is CCCCCOc1c(Sc2ccccc2)c(Sc2ccccc2)c(OCCCCC)c2c1-c1nc-2nc2[n-]c(nc3nc(nc4[n-]c(n1)c1c(OCCCCC)c(Sc5ccccc5)c(Sc5ccccc5)c(OCCCCC)c41)-c1c(OCCCCC)c(Sc4ccccc4)c(Sc4ccccc4)c(OCCCCC)c1-3)c1c(OCCCCC)c(Sc3ccccc3)c(Sc3ccccc3)c(OCCCCC)c21.[Cu+2]. The van der Waals surface area contributed by atoms with Crippen LogP contribution >= 0.6 is 94.1 Å². The molecule has 0 spiro atoms. The van der Waals surface area contributed by atoms with Crippen LogP contribution in [0.1, 0.15) is 209 Å². The first-order chi connectivity index (χ1) is 71.2. The molecule has 5 heterocycles. The Hall–Kier alpha value is -10.3. The van der Waals surface area contributed by atoms with Crippen molar-refractivity contribution >= 4 is 138 Å². The summed E-state index contributed by atoms with van der Waals surface area (Å²) in [5, 5.41) is 2.27. The predicted octanol–water partition coefficient (Wildman–Crippen LogP) is 35.9. The van der Waals surface area contributed by atoms with Crippen LogP contribution in [0.15, 0.2) is 321 Å². The van der Waals surface area contributed by atoms with Gasteiger partial charge in [-0.3, -0.25) is 0 Å². The quantitative estimate of drug-likeness (QED) is 0.0259. The van der Waals surface area contributed by atoms with Crippen LogP contribution in [-0.4, -0.2) is 82.8 Å². The van der Waals surface area contributed by atoms with Gasteiger partial charge in [-0.1, -0.05) is 398 Å². The molecule has 3 aromatic heterocycles. The Bertz CT molecular complexity index is 6100. The molecule has 0 amide bonds. The van der Waals surface area contributed by atoms with E-state index in [2.05, 4.69) is 298 Å². The van der Waals surface area contributed by atoms with Gasteiger partial charge in [0.15, 0.2) is 0 Å². The van der Waals surface area contributed by atoms with Gasteiger partial charge in [-0.2, -0.15) is 0 Å². The Morgan fingerprint density at radius 2 is 0.317 bits per heavy atom. The molecule has 0 aliphatic carbocycles. The van der Waals surface area contributed by atoms with E-state index >= 15 is 0 Å². The molecule has 0 N–H and O–H groups in total. The van der Waals surface area contributed by atoms with Gasteiger partial charge in [0.25, 0.3) is 0 Å². The monoisotopic (exact) mass is 2130 g/mol. The second kappa shape index (κ2) is 55.7. The largest absolute Gasteiger partial charge is 2.00 e. The third-order valence-electron chi connectivity index (χ3n) is 24.4. The minimum atomic E-state index is 0. The van der Waals surface area contributed by atoms with Crippen molar-refractivity contribution in [2.45, 2.75) is 288 Å². The van der Waals surface area contributed by atoms with Crippen molar-refractivity contribution < 1.29 is 55.0 Å². The van der Waals surface area contributed by atoms with Crippen LogP contribution in [0.3, 0.4) is 0 Å². The summed E-state index contributed by atoms with van der Waals surface area (Å²) in [6.07, 6.45) is 21.0. The predicted molar refractivity (Wildman–Crippen MR) is 599 cm³/mol. The van der Waals surface area contributed by atoms with Gasteiger partial charge in [0, 0.05) is 83.3 Å². The molecule has 0 saturated carbocycles. The number of rotatable bonds is 56. The van der Waals surface area contributed by atoms with Gasteiger partial charge in [-0.25, -0.2) is 9.97 Å². The summed E-state index contributed by atoms with van der Waals surface area (Å²) in [6.45, 7) is 20.7. The molecule has 1 radical (unpaired) electrons. The summed E-state index contributed by atoms with van der Waals surface area (Å²) in [5.74, 6) is 5.55. The van der Waals surface area contributed by atoms with E-state index in [0.717, 1.165) is 232 Å². The molecular weight excluding hydrogens is 2000 g/mol. The Labute approximate surface area is 900 Å². The summed E-state index contributed by atoms with van der Waals surface area (Å²) in [5.41, 5.74) is 3.31. The second-order valence-corrected chi connectivity index (χ2v) is 44.2. The number of unbranched alkanes of at least 4 members (excludes halogenated alkanes) is 16. The molecule has 12 aromatic carbocycles. The third kappa shape index (κ3) is 26.9. The van der Waals surface area contributed by atoms with E-state index in [1.807, 2.05) is 0 Å². The van der Waals surface area contributed by atoms with Gasteiger partial charge < -0.3 is 67.8 Å². The molecule has 8 bridgehead atoms. The van der Waals surface area contributed by atoms with E-state index in [-0.39, 0.29) is 63.0 Å². The van der Waals surface area contributed by atoms with Crippen molar-refractivity contribution in [2.75, 3.05) is 52.9 Å². The average molecular weight is 2130 g/mol. The Morgan fingerprint density at radius 3 is 0.462 bits per heavy atom. The molecule has 15 aromatic rings. The smallest absolute Gasteiger partial charge is 0.492 e. The number of nitrogens with zero attached hydrogens (tertiary/aromatic N) is 8. The maximum atomic E-state index is 7.82. The van der Waals surface area contributed by atoms with Gasteiger partial charge in [-0.05, 0) is 148 Å². The Kier molecular flexibility index (Phi) is 41.2. The molecule has 16 nitrogen and oxygen atoms in total. The zero-order valence-corrected chi connectivity index (χ0v) is 91.6. The zero-order valence-electron chi connectivity index (χ0n) is 84.1. The molecule has 2 aliphatic heterocycles. The van der Waals surface area contributed by atoms with E-state index in [1.165, 1.54) is 0 Å². The van der Waals surface area contributed by atoms with E-state index in [0.29, 0.717) is 143 Å². The van der Waals surface area contributed by atoms with Gasteiger partial charge in [0.2, 0.25) is 0 Å². The minimum Gasteiger partial charge on any atom is -0.492 e. The molecule has 17 rings (SSSR count). The summed E-state index contributed by atoms with van der Waals surface area (Å²) >= 11 is 13.1. The van der Waals surface area contributed by atoms with Crippen LogP contribution in [0.4, 0.5) is 0 Å². The van der Waals surface area contributed by atoms with Crippen molar-refractivity contribution in [2.24, 2.45) is 0 Å². The number of hydrogen-bond donors (Lipinski definition) is 0. The number of benzene rings is 12. The summed E-state index contributed by atoms with van der Waals surface area (Å²) < 4.78 is 62.6. The van der Waals surface area contributed by atoms with Crippen molar-refractivity contribution in [1.29, 1.82) is 0 Å². The first-order valence-electron chi connectivity index (χ1n) is 51.7. The summed E-state index contributed by atoms with van der Waals surface area (Å²) in [7, 11) is 0. The van der Waals surface area contributed by atoms with Crippen LogP contribution in [0.2, 0.25) is 0 Å². The molecule has 2 aliphatic rings.